The van der Waals surface area contributed by atoms with E-state index in [9.17, 15) is 5.21 Å². The fourth-order valence-corrected chi connectivity index (χ4v) is 3.26. The minimum atomic E-state index is 0.742. The molecule has 0 spiro atoms. The van der Waals surface area contributed by atoms with E-state index in [1.165, 1.54) is 0 Å². The summed E-state index contributed by atoms with van der Waals surface area (Å²) in [6, 6.07) is 9.54. The van der Waals surface area contributed by atoms with Gasteiger partial charge in [0.1, 0.15) is 5.82 Å². The molecule has 0 aliphatic carbocycles. The summed E-state index contributed by atoms with van der Waals surface area (Å²) in [5.41, 5.74) is 2.46. The van der Waals surface area contributed by atoms with Crippen LogP contribution in [0.15, 0.2) is 58.8 Å². The molecular formula is C15H11BrN5OS+. The molecule has 0 aliphatic rings. The van der Waals surface area contributed by atoms with Crippen molar-refractivity contribution in [2.75, 3.05) is 5.32 Å². The normalized spacial score (nSPS) is 11.0. The number of anilines is 2. The summed E-state index contributed by atoms with van der Waals surface area (Å²) >= 11 is 5.13. The third kappa shape index (κ3) is 2.66. The number of fused-ring (bicyclic) bond motifs is 1. The van der Waals surface area contributed by atoms with Crippen molar-refractivity contribution in [2.45, 2.75) is 0 Å². The third-order valence-electron chi connectivity index (χ3n) is 3.29. The van der Waals surface area contributed by atoms with E-state index in [-0.39, 0.29) is 0 Å². The third-order valence-corrected chi connectivity index (χ3v) is 4.74. The topological polar surface area (TPSA) is 66.3 Å². The summed E-state index contributed by atoms with van der Waals surface area (Å²) in [5, 5.41) is 19.0. The van der Waals surface area contributed by atoms with Crippen molar-refractivity contribution < 1.29 is 9.94 Å². The molecule has 0 radical (unpaired) electrons. The zero-order chi connectivity index (χ0) is 15.8. The van der Waals surface area contributed by atoms with Crippen LogP contribution in [0.3, 0.4) is 0 Å². The predicted molar refractivity (Wildman–Crippen MR) is 91.1 cm³/mol. The second kappa shape index (κ2) is 5.64. The van der Waals surface area contributed by atoms with E-state index in [4.69, 9.17) is 0 Å². The van der Waals surface area contributed by atoms with Crippen molar-refractivity contribution in [3.63, 3.8) is 0 Å². The van der Waals surface area contributed by atoms with E-state index in [2.05, 4.69) is 31.3 Å². The molecule has 2 N–H and O–H groups in total. The Morgan fingerprint density at radius 3 is 2.83 bits per heavy atom. The molecule has 4 rings (SSSR count). The molecular weight excluding hydrogens is 378 g/mol. The van der Waals surface area contributed by atoms with Crippen LogP contribution in [-0.4, -0.2) is 19.8 Å². The minimum Gasteiger partial charge on any atom is -0.340 e. The number of nitrogens with zero attached hydrogens (tertiary/aromatic N) is 4. The van der Waals surface area contributed by atoms with Gasteiger partial charge in [0.2, 0.25) is 12.4 Å². The van der Waals surface area contributed by atoms with Crippen LogP contribution in [0.5, 0.6) is 0 Å². The molecule has 114 valence electrons. The van der Waals surface area contributed by atoms with Gasteiger partial charge in [-0.1, -0.05) is 6.07 Å². The lowest BCUT2D eigenvalue weighted by Crippen LogP contribution is -2.27. The van der Waals surface area contributed by atoms with E-state index >= 15 is 0 Å². The largest absolute Gasteiger partial charge is 0.340 e. The molecule has 4 heterocycles. The number of hydrogen-bond acceptors (Lipinski definition) is 5. The van der Waals surface area contributed by atoms with Gasteiger partial charge in [0.15, 0.2) is 5.65 Å². The van der Waals surface area contributed by atoms with E-state index in [0.717, 1.165) is 36.9 Å². The molecule has 6 nitrogen and oxygen atoms in total. The Hall–Kier alpha value is -2.45. The number of aromatic nitrogens is 4. The first-order chi connectivity index (χ1) is 11.2. The van der Waals surface area contributed by atoms with Crippen molar-refractivity contribution in [3.8, 4) is 10.6 Å². The first-order valence-electron chi connectivity index (χ1n) is 6.76. The van der Waals surface area contributed by atoms with Crippen LogP contribution in [-0.2, 0) is 0 Å². The van der Waals surface area contributed by atoms with E-state index < -0.39 is 0 Å². The molecule has 0 bridgehead atoms. The highest BCUT2D eigenvalue weighted by atomic mass is 79.9. The summed E-state index contributed by atoms with van der Waals surface area (Å²) in [6.45, 7) is 0. The molecule has 0 amide bonds. The summed E-state index contributed by atoms with van der Waals surface area (Å²) in [4.78, 5) is 5.76. The molecule has 8 heteroatoms. The van der Waals surface area contributed by atoms with Crippen LogP contribution in [0.25, 0.3) is 16.2 Å². The first kappa shape index (κ1) is 14.2. The molecule has 0 atom stereocenters. The van der Waals surface area contributed by atoms with Gasteiger partial charge >= 0.3 is 0 Å². The van der Waals surface area contributed by atoms with Gasteiger partial charge in [0.25, 0.3) is 0 Å². The van der Waals surface area contributed by atoms with Crippen molar-refractivity contribution in [1.82, 2.24) is 14.6 Å². The second-order valence-electron chi connectivity index (χ2n) is 4.82. The van der Waals surface area contributed by atoms with Gasteiger partial charge in [-0.2, -0.15) is 9.61 Å². The predicted octanol–water partition coefficient (Wildman–Crippen LogP) is 3.49. The van der Waals surface area contributed by atoms with E-state index in [1.54, 1.807) is 46.6 Å². The van der Waals surface area contributed by atoms with Crippen molar-refractivity contribution >= 4 is 44.4 Å². The lowest BCUT2D eigenvalue weighted by molar-refractivity contribution is -0.904. The van der Waals surface area contributed by atoms with E-state index in [0.29, 0.717) is 0 Å². The Labute approximate surface area is 143 Å². The fraction of sp³-hybridized carbons (Fsp3) is 0. The summed E-state index contributed by atoms with van der Waals surface area (Å²) in [7, 11) is 0. The SMILES string of the molecule is O[n+]1ccc(Nc2cc(-c3cccs3)nc3c(Br)cnn23)cc1. The van der Waals surface area contributed by atoms with Crippen LogP contribution in [0, 0.1) is 0 Å². The average molecular weight is 389 g/mol. The van der Waals surface area contributed by atoms with Gasteiger partial charge in [0.05, 0.1) is 26.9 Å². The van der Waals surface area contributed by atoms with Crippen LogP contribution in [0.2, 0.25) is 0 Å². The van der Waals surface area contributed by atoms with E-state index in [1.807, 2.05) is 23.6 Å². The Balaban J connectivity index is 1.85. The highest BCUT2D eigenvalue weighted by Crippen LogP contribution is 2.29. The quantitative estimate of drug-likeness (QED) is 0.416. The molecule has 0 aromatic carbocycles. The number of nitrogens with one attached hydrogen (secondary N) is 1. The number of hydrogen-bond donors (Lipinski definition) is 2. The van der Waals surface area contributed by atoms with Crippen LogP contribution >= 0.6 is 27.3 Å². The summed E-state index contributed by atoms with van der Waals surface area (Å²) < 4.78 is 3.57. The molecule has 23 heavy (non-hydrogen) atoms. The standard InChI is InChI=1S/C15H10BrN5OS/c16-11-9-17-21-14(18-10-3-5-20(22)6-4-10)8-12(19-15(11)21)13-2-1-7-23-13/h1-9,22H/p+1. The molecule has 0 unspecified atom stereocenters. The highest BCUT2D eigenvalue weighted by Gasteiger charge is 2.12. The number of rotatable bonds is 3. The maximum absolute atomic E-state index is 9.32. The minimum absolute atomic E-state index is 0.742. The lowest BCUT2D eigenvalue weighted by atomic mass is 10.3. The first-order valence-corrected chi connectivity index (χ1v) is 8.44. The Morgan fingerprint density at radius 1 is 1.26 bits per heavy atom. The van der Waals surface area contributed by atoms with Crippen LogP contribution in [0.1, 0.15) is 0 Å². The van der Waals surface area contributed by atoms with Gasteiger partial charge in [-0.15, -0.1) is 11.3 Å². The van der Waals surface area contributed by atoms with Gasteiger partial charge in [-0.05, 0) is 27.4 Å². The number of pyridine rings is 1. The van der Waals surface area contributed by atoms with Gasteiger partial charge < -0.3 is 5.32 Å². The van der Waals surface area contributed by atoms with Crippen LogP contribution in [0.4, 0.5) is 11.5 Å². The maximum Gasteiger partial charge on any atom is 0.224 e. The molecule has 4 aromatic heterocycles. The molecule has 0 saturated carbocycles. The summed E-state index contributed by atoms with van der Waals surface area (Å²) in [6.07, 6.45) is 4.83. The fourth-order valence-electron chi connectivity index (χ4n) is 2.23. The molecule has 0 aliphatic heterocycles. The number of halogens is 1. The zero-order valence-electron chi connectivity index (χ0n) is 11.7. The monoisotopic (exact) mass is 388 g/mol. The average Bonchev–Trinajstić information content (AvgIpc) is 3.20. The van der Waals surface area contributed by atoms with Crippen LogP contribution < -0.4 is 10.0 Å². The lowest BCUT2D eigenvalue weighted by Gasteiger charge is -2.09. The maximum atomic E-state index is 9.32. The Morgan fingerprint density at radius 2 is 2.09 bits per heavy atom. The number of thiophene rings is 1. The molecule has 0 fully saturated rings. The van der Waals surface area contributed by atoms with Crippen molar-refractivity contribution in [2.24, 2.45) is 0 Å². The van der Waals surface area contributed by atoms with Gasteiger partial charge in [-0.25, -0.2) is 4.98 Å². The van der Waals surface area contributed by atoms with Crippen molar-refractivity contribution in [3.05, 3.63) is 58.8 Å². The smallest absolute Gasteiger partial charge is 0.224 e. The Kier molecular flexibility index (Phi) is 3.47. The van der Waals surface area contributed by atoms with Gasteiger partial charge in [0, 0.05) is 22.9 Å². The Bertz CT molecular complexity index is 966. The second-order valence-corrected chi connectivity index (χ2v) is 6.63. The van der Waals surface area contributed by atoms with Crippen molar-refractivity contribution in [1.29, 1.82) is 0 Å². The summed E-state index contributed by atoms with van der Waals surface area (Å²) in [5.74, 6) is 0.791. The molecule has 0 saturated heterocycles. The highest BCUT2D eigenvalue weighted by molar-refractivity contribution is 9.10. The zero-order valence-corrected chi connectivity index (χ0v) is 14.1. The van der Waals surface area contributed by atoms with Gasteiger partial charge in [-0.3, -0.25) is 5.21 Å². The molecule has 4 aromatic rings.